The van der Waals surface area contributed by atoms with E-state index in [9.17, 15) is 18.0 Å². The fourth-order valence-corrected chi connectivity index (χ4v) is 3.65. The zero-order valence-electron chi connectivity index (χ0n) is 15.0. The van der Waals surface area contributed by atoms with Gasteiger partial charge in [-0.3, -0.25) is 4.79 Å². The van der Waals surface area contributed by atoms with Gasteiger partial charge < -0.3 is 5.32 Å². The lowest BCUT2D eigenvalue weighted by Gasteiger charge is -2.14. The fraction of sp³-hybridized carbons (Fsp3) is 0.450. The summed E-state index contributed by atoms with van der Waals surface area (Å²) in [4.78, 5) is 13.5. The van der Waals surface area contributed by atoms with Crippen LogP contribution in [0.4, 0.5) is 13.2 Å². The second-order valence-electron chi connectivity index (χ2n) is 6.37. The summed E-state index contributed by atoms with van der Waals surface area (Å²) in [5, 5.41) is 2.95. The number of thiophene rings is 1. The third-order valence-corrected chi connectivity index (χ3v) is 5.53. The number of hydrogen-bond acceptors (Lipinski definition) is 2. The van der Waals surface area contributed by atoms with Gasteiger partial charge in [0, 0.05) is 11.4 Å². The third-order valence-electron chi connectivity index (χ3n) is 4.40. The summed E-state index contributed by atoms with van der Waals surface area (Å²) < 4.78 is 38.6. The van der Waals surface area contributed by atoms with Crippen molar-refractivity contribution in [1.82, 2.24) is 5.32 Å². The molecule has 1 aromatic carbocycles. The number of nitrogens with one attached hydrogen (secondary N) is 1. The second kappa shape index (κ2) is 9.21. The molecule has 0 aliphatic heterocycles. The molecular formula is C20H24F3NOS. The molecule has 142 valence electrons. The number of benzene rings is 1. The van der Waals surface area contributed by atoms with Gasteiger partial charge in [0.15, 0.2) is 0 Å². The van der Waals surface area contributed by atoms with Crippen LogP contribution < -0.4 is 5.32 Å². The molecule has 0 unspecified atom stereocenters. The van der Waals surface area contributed by atoms with Crippen LogP contribution >= 0.6 is 11.3 Å². The zero-order valence-corrected chi connectivity index (χ0v) is 15.8. The smallest absolute Gasteiger partial charge is 0.351 e. The molecule has 26 heavy (non-hydrogen) atoms. The summed E-state index contributed by atoms with van der Waals surface area (Å²) in [5.74, 6) is 0.296. The highest BCUT2D eigenvalue weighted by atomic mass is 32.1. The van der Waals surface area contributed by atoms with Crippen molar-refractivity contribution in [3.63, 3.8) is 0 Å². The molecule has 0 aliphatic carbocycles. The number of alkyl halides is 3. The summed E-state index contributed by atoms with van der Waals surface area (Å²) in [6.07, 6.45) is 0.0112. The first-order chi connectivity index (χ1) is 12.3. The number of rotatable bonds is 8. The van der Waals surface area contributed by atoms with Gasteiger partial charge in [0.25, 0.3) is 5.91 Å². The molecule has 0 saturated heterocycles. The Hall–Kier alpha value is -1.82. The van der Waals surface area contributed by atoms with Crippen LogP contribution in [0, 0.1) is 5.92 Å². The van der Waals surface area contributed by atoms with Crippen LogP contribution in [0.2, 0.25) is 0 Å². The first-order valence-corrected chi connectivity index (χ1v) is 9.72. The topological polar surface area (TPSA) is 29.1 Å². The average molecular weight is 383 g/mol. The molecule has 0 bridgehead atoms. The van der Waals surface area contributed by atoms with Crippen molar-refractivity contribution in [1.29, 1.82) is 0 Å². The standard InChI is InChI=1S/C20H24F3NOS/c1-3-5-7-14(4-2)13-24-19(25)18-11-10-17(26-18)15-8-6-9-16(12-15)20(21,22)23/h6,8-12,14H,3-5,7,13H2,1-2H3,(H,24,25)/t14-/m0/s1. The molecular weight excluding hydrogens is 359 g/mol. The van der Waals surface area contributed by atoms with Crippen LogP contribution in [0.1, 0.15) is 54.8 Å². The Morgan fingerprint density at radius 2 is 1.96 bits per heavy atom. The Balaban J connectivity index is 2.04. The highest BCUT2D eigenvalue weighted by Gasteiger charge is 2.30. The summed E-state index contributed by atoms with van der Waals surface area (Å²) in [7, 11) is 0. The van der Waals surface area contributed by atoms with Gasteiger partial charge in [-0.05, 0) is 42.2 Å². The van der Waals surface area contributed by atoms with Crippen LogP contribution in [0.15, 0.2) is 36.4 Å². The minimum atomic E-state index is -4.37. The Morgan fingerprint density at radius 1 is 1.19 bits per heavy atom. The fourth-order valence-electron chi connectivity index (χ4n) is 2.73. The highest BCUT2D eigenvalue weighted by Crippen LogP contribution is 2.34. The monoisotopic (exact) mass is 383 g/mol. The molecule has 1 heterocycles. The molecule has 1 N–H and O–H groups in total. The van der Waals surface area contributed by atoms with Crippen molar-refractivity contribution in [2.75, 3.05) is 6.54 Å². The van der Waals surface area contributed by atoms with Gasteiger partial charge in [-0.2, -0.15) is 13.2 Å². The van der Waals surface area contributed by atoms with Crippen molar-refractivity contribution >= 4 is 17.2 Å². The van der Waals surface area contributed by atoms with E-state index < -0.39 is 11.7 Å². The minimum absolute atomic E-state index is 0.164. The van der Waals surface area contributed by atoms with Crippen molar-refractivity contribution in [2.24, 2.45) is 5.92 Å². The summed E-state index contributed by atoms with van der Waals surface area (Å²) in [5.41, 5.74) is -0.214. The van der Waals surface area contributed by atoms with Crippen molar-refractivity contribution in [3.8, 4) is 10.4 Å². The Morgan fingerprint density at radius 3 is 2.62 bits per heavy atom. The van der Waals surface area contributed by atoms with Gasteiger partial charge in [-0.15, -0.1) is 11.3 Å². The Bertz CT molecular complexity index is 724. The van der Waals surface area contributed by atoms with E-state index in [0.29, 0.717) is 27.8 Å². The van der Waals surface area contributed by atoms with E-state index in [0.717, 1.165) is 37.8 Å². The maximum atomic E-state index is 12.9. The maximum Gasteiger partial charge on any atom is 0.416 e. The lowest BCUT2D eigenvalue weighted by atomic mass is 9.99. The van der Waals surface area contributed by atoms with Gasteiger partial charge in [0.1, 0.15) is 0 Å². The predicted molar refractivity (Wildman–Crippen MR) is 100 cm³/mol. The minimum Gasteiger partial charge on any atom is -0.351 e. The van der Waals surface area contributed by atoms with Gasteiger partial charge in [0.2, 0.25) is 0 Å². The summed E-state index contributed by atoms with van der Waals surface area (Å²) in [6.45, 7) is 4.89. The number of hydrogen-bond donors (Lipinski definition) is 1. The van der Waals surface area contributed by atoms with Crippen LogP contribution in [-0.2, 0) is 6.18 Å². The number of halogens is 3. The zero-order chi connectivity index (χ0) is 19.2. The van der Waals surface area contributed by atoms with Gasteiger partial charge >= 0.3 is 6.18 Å². The van der Waals surface area contributed by atoms with Crippen LogP contribution in [0.5, 0.6) is 0 Å². The quantitative estimate of drug-likeness (QED) is 0.563. The van der Waals surface area contributed by atoms with Crippen molar-refractivity contribution in [2.45, 2.75) is 45.7 Å². The summed E-state index contributed by atoms with van der Waals surface area (Å²) in [6, 6.07) is 8.54. The van der Waals surface area contributed by atoms with Gasteiger partial charge in [-0.1, -0.05) is 45.2 Å². The second-order valence-corrected chi connectivity index (χ2v) is 7.45. The van der Waals surface area contributed by atoms with Crippen molar-refractivity contribution in [3.05, 3.63) is 46.8 Å². The molecule has 2 rings (SSSR count). The Kier molecular flexibility index (Phi) is 7.26. The van der Waals surface area contributed by atoms with E-state index in [2.05, 4.69) is 19.2 Å². The molecule has 1 atom stereocenters. The SMILES string of the molecule is CCCC[C@H](CC)CNC(=O)c1ccc(-c2cccc(C(F)(F)F)c2)s1. The molecule has 0 aliphatic rings. The molecule has 6 heteroatoms. The normalized spacial score (nSPS) is 12.8. The summed E-state index contributed by atoms with van der Waals surface area (Å²) >= 11 is 1.21. The van der Waals surface area contributed by atoms with E-state index in [4.69, 9.17) is 0 Å². The third kappa shape index (κ3) is 5.59. The highest BCUT2D eigenvalue weighted by molar-refractivity contribution is 7.17. The van der Waals surface area contributed by atoms with Crippen molar-refractivity contribution < 1.29 is 18.0 Å². The lowest BCUT2D eigenvalue weighted by Crippen LogP contribution is -2.28. The van der Waals surface area contributed by atoms with Crippen LogP contribution in [0.3, 0.4) is 0 Å². The molecule has 0 spiro atoms. The van der Waals surface area contributed by atoms with Crippen LogP contribution in [0.25, 0.3) is 10.4 Å². The first-order valence-electron chi connectivity index (χ1n) is 8.90. The van der Waals surface area contributed by atoms with E-state index >= 15 is 0 Å². The number of amides is 1. The first kappa shape index (κ1) is 20.5. The molecule has 1 amide bonds. The average Bonchev–Trinajstić information content (AvgIpc) is 3.11. The number of unbranched alkanes of at least 4 members (excludes halogenated alkanes) is 1. The van der Waals surface area contributed by atoms with E-state index in [1.54, 1.807) is 18.2 Å². The molecule has 2 aromatic rings. The lowest BCUT2D eigenvalue weighted by molar-refractivity contribution is -0.137. The van der Waals surface area contributed by atoms with E-state index in [-0.39, 0.29) is 5.91 Å². The number of carbonyl (C=O) groups excluding carboxylic acids is 1. The molecule has 2 nitrogen and oxygen atoms in total. The molecule has 0 fully saturated rings. The van der Waals surface area contributed by atoms with E-state index in [1.165, 1.54) is 17.4 Å². The number of carbonyl (C=O) groups is 1. The molecule has 0 radical (unpaired) electrons. The predicted octanol–water partition coefficient (Wildman–Crippen LogP) is 6.38. The van der Waals surface area contributed by atoms with Gasteiger partial charge in [-0.25, -0.2) is 0 Å². The van der Waals surface area contributed by atoms with E-state index in [1.807, 2.05) is 0 Å². The largest absolute Gasteiger partial charge is 0.416 e. The maximum absolute atomic E-state index is 12.9. The Labute approximate surface area is 156 Å². The van der Waals surface area contributed by atoms with Crippen LogP contribution in [-0.4, -0.2) is 12.5 Å². The molecule has 1 aromatic heterocycles. The van der Waals surface area contributed by atoms with Gasteiger partial charge in [0.05, 0.1) is 10.4 Å². The molecule has 0 saturated carbocycles.